The van der Waals surface area contributed by atoms with Crippen LogP contribution < -0.4 is 0 Å². The van der Waals surface area contributed by atoms with Crippen LogP contribution in [0.2, 0.25) is 0 Å². The predicted octanol–water partition coefficient (Wildman–Crippen LogP) is 5.93. The lowest BCUT2D eigenvalue weighted by atomic mass is 9.83. The summed E-state index contributed by atoms with van der Waals surface area (Å²) >= 11 is 7.05. The molecule has 1 atom stereocenters. The van der Waals surface area contributed by atoms with Gasteiger partial charge in [-0.25, -0.2) is 0 Å². The summed E-state index contributed by atoms with van der Waals surface area (Å²) in [6.07, 6.45) is 2.38. The second-order valence-corrected chi connectivity index (χ2v) is 7.00. The molecule has 0 aliphatic heterocycles. The molecule has 0 aromatic heterocycles. The average Bonchev–Trinajstić information content (AvgIpc) is 3.28. The number of hydrogen-bond donors (Lipinski definition) is 0. The molecule has 0 N–H and O–H groups in total. The van der Waals surface area contributed by atoms with Gasteiger partial charge in [-0.15, -0.1) is 11.6 Å². The van der Waals surface area contributed by atoms with E-state index < -0.39 is 0 Å². The molecule has 2 aromatic carbocycles. The van der Waals surface area contributed by atoms with E-state index in [9.17, 15) is 0 Å². The SMILES string of the molecule is Cc1cc(C)c(C)c(C(Cl)C2(c3ccccc3)CC2)c1C. The van der Waals surface area contributed by atoms with Crippen molar-refractivity contribution in [3.8, 4) is 0 Å². The Bertz CT molecular complexity index is 640. The molecule has 0 radical (unpaired) electrons. The Morgan fingerprint density at radius 2 is 1.43 bits per heavy atom. The molecule has 21 heavy (non-hydrogen) atoms. The molecule has 0 spiro atoms. The van der Waals surface area contributed by atoms with E-state index in [1.807, 2.05) is 0 Å². The Balaban J connectivity index is 2.10. The first-order valence-electron chi connectivity index (χ1n) is 7.74. The molecule has 0 heterocycles. The van der Waals surface area contributed by atoms with E-state index >= 15 is 0 Å². The summed E-state index contributed by atoms with van der Waals surface area (Å²) in [4.78, 5) is 0. The van der Waals surface area contributed by atoms with Gasteiger partial charge in [0.05, 0.1) is 5.38 Å². The van der Waals surface area contributed by atoms with E-state index in [0.717, 1.165) is 0 Å². The Morgan fingerprint density at radius 1 is 0.905 bits per heavy atom. The van der Waals surface area contributed by atoms with Crippen LogP contribution in [0, 0.1) is 27.7 Å². The molecule has 1 aliphatic carbocycles. The van der Waals surface area contributed by atoms with Crippen LogP contribution in [0.5, 0.6) is 0 Å². The second kappa shape index (κ2) is 5.18. The fourth-order valence-electron chi connectivity index (χ4n) is 3.50. The van der Waals surface area contributed by atoms with Crippen molar-refractivity contribution in [1.29, 1.82) is 0 Å². The number of hydrogen-bond acceptors (Lipinski definition) is 0. The van der Waals surface area contributed by atoms with Crippen molar-refractivity contribution in [2.75, 3.05) is 0 Å². The van der Waals surface area contributed by atoms with Gasteiger partial charge in [-0.3, -0.25) is 0 Å². The lowest BCUT2D eigenvalue weighted by molar-refractivity contribution is 0.655. The van der Waals surface area contributed by atoms with Crippen LogP contribution in [-0.2, 0) is 5.41 Å². The molecule has 2 aromatic rings. The predicted molar refractivity (Wildman–Crippen MR) is 91.3 cm³/mol. The van der Waals surface area contributed by atoms with Crippen LogP contribution in [0.15, 0.2) is 36.4 Å². The molecule has 1 unspecified atom stereocenters. The van der Waals surface area contributed by atoms with Gasteiger partial charge >= 0.3 is 0 Å². The van der Waals surface area contributed by atoms with Crippen molar-refractivity contribution in [1.82, 2.24) is 0 Å². The van der Waals surface area contributed by atoms with Gasteiger partial charge in [0.15, 0.2) is 0 Å². The van der Waals surface area contributed by atoms with Gasteiger partial charge in [0.1, 0.15) is 0 Å². The number of rotatable bonds is 3. The largest absolute Gasteiger partial charge is 0.117 e. The normalized spacial score (nSPS) is 17.6. The minimum atomic E-state index is 0.0681. The summed E-state index contributed by atoms with van der Waals surface area (Å²) in [5, 5.41) is 0.0681. The zero-order chi connectivity index (χ0) is 15.2. The van der Waals surface area contributed by atoms with Crippen LogP contribution in [-0.4, -0.2) is 0 Å². The van der Waals surface area contributed by atoms with Crippen molar-refractivity contribution in [3.63, 3.8) is 0 Å². The highest BCUT2D eigenvalue weighted by Crippen LogP contribution is 2.60. The first-order chi connectivity index (χ1) is 9.97. The topological polar surface area (TPSA) is 0 Å². The number of halogens is 1. The fourth-order valence-corrected chi connectivity index (χ4v) is 4.17. The van der Waals surface area contributed by atoms with Crippen molar-refractivity contribution >= 4 is 11.6 Å². The molecular weight excluding hydrogens is 276 g/mol. The van der Waals surface area contributed by atoms with E-state index in [1.165, 1.54) is 46.2 Å². The monoisotopic (exact) mass is 298 g/mol. The van der Waals surface area contributed by atoms with Crippen LogP contribution in [0.4, 0.5) is 0 Å². The zero-order valence-electron chi connectivity index (χ0n) is 13.3. The van der Waals surface area contributed by atoms with Gasteiger partial charge in [0.25, 0.3) is 0 Å². The third-order valence-corrected chi connectivity index (χ3v) is 5.94. The summed E-state index contributed by atoms with van der Waals surface area (Å²) in [5.74, 6) is 0. The molecular formula is C20H23Cl. The molecule has 1 heteroatoms. The molecule has 1 aliphatic rings. The Kier molecular flexibility index (Phi) is 3.61. The maximum Gasteiger partial charge on any atom is 0.0687 e. The van der Waals surface area contributed by atoms with Crippen molar-refractivity contribution in [2.24, 2.45) is 0 Å². The second-order valence-electron chi connectivity index (χ2n) is 6.56. The molecule has 1 fully saturated rings. The minimum Gasteiger partial charge on any atom is -0.117 e. The quantitative estimate of drug-likeness (QED) is 0.616. The summed E-state index contributed by atoms with van der Waals surface area (Å²) in [7, 11) is 0. The van der Waals surface area contributed by atoms with Gasteiger partial charge in [-0.05, 0) is 73.9 Å². The number of benzene rings is 2. The summed E-state index contributed by atoms with van der Waals surface area (Å²) in [6, 6.07) is 13.1. The fraction of sp³-hybridized carbons (Fsp3) is 0.400. The standard InChI is InChI=1S/C20H23Cl/c1-13-12-14(2)16(4)18(15(13)3)19(21)20(10-11-20)17-8-6-5-7-9-17/h5-9,12,19H,10-11H2,1-4H3. The smallest absolute Gasteiger partial charge is 0.0687 e. The molecule has 3 rings (SSSR count). The molecule has 0 saturated heterocycles. The Labute approximate surface area is 133 Å². The summed E-state index contributed by atoms with van der Waals surface area (Å²) in [6.45, 7) is 8.81. The maximum atomic E-state index is 7.05. The molecule has 0 amide bonds. The third-order valence-electron chi connectivity index (χ3n) is 5.30. The van der Waals surface area contributed by atoms with Gasteiger partial charge in [0.2, 0.25) is 0 Å². The first kappa shape index (κ1) is 14.7. The number of aryl methyl sites for hydroxylation is 2. The molecule has 0 nitrogen and oxygen atoms in total. The lowest BCUT2D eigenvalue weighted by Gasteiger charge is -2.27. The Morgan fingerprint density at radius 3 is 1.90 bits per heavy atom. The highest BCUT2D eigenvalue weighted by Gasteiger charge is 2.51. The highest BCUT2D eigenvalue weighted by molar-refractivity contribution is 6.22. The number of alkyl halides is 1. The van der Waals surface area contributed by atoms with Gasteiger partial charge in [-0.1, -0.05) is 36.4 Å². The van der Waals surface area contributed by atoms with Gasteiger partial charge in [-0.2, -0.15) is 0 Å². The van der Waals surface area contributed by atoms with Gasteiger partial charge < -0.3 is 0 Å². The first-order valence-corrected chi connectivity index (χ1v) is 8.18. The summed E-state index contributed by atoms with van der Waals surface area (Å²) in [5.41, 5.74) is 8.31. The molecule has 110 valence electrons. The maximum absolute atomic E-state index is 7.05. The minimum absolute atomic E-state index is 0.0681. The van der Waals surface area contributed by atoms with Crippen molar-refractivity contribution in [3.05, 3.63) is 69.8 Å². The average molecular weight is 299 g/mol. The van der Waals surface area contributed by atoms with Crippen LogP contribution >= 0.6 is 11.6 Å². The summed E-state index contributed by atoms with van der Waals surface area (Å²) < 4.78 is 0. The lowest BCUT2D eigenvalue weighted by Crippen LogP contribution is -2.17. The van der Waals surface area contributed by atoms with Crippen molar-refractivity contribution in [2.45, 2.75) is 51.3 Å². The van der Waals surface area contributed by atoms with Crippen LogP contribution in [0.3, 0.4) is 0 Å². The molecule has 0 bridgehead atoms. The van der Waals surface area contributed by atoms with E-state index in [1.54, 1.807) is 0 Å². The van der Waals surface area contributed by atoms with Crippen LogP contribution in [0.1, 0.15) is 51.6 Å². The van der Waals surface area contributed by atoms with E-state index in [-0.39, 0.29) is 10.8 Å². The Hall–Kier alpha value is -1.27. The van der Waals surface area contributed by atoms with E-state index in [0.29, 0.717) is 0 Å². The van der Waals surface area contributed by atoms with Gasteiger partial charge in [0, 0.05) is 5.41 Å². The van der Waals surface area contributed by atoms with Crippen molar-refractivity contribution < 1.29 is 0 Å². The highest BCUT2D eigenvalue weighted by atomic mass is 35.5. The van der Waals surface area contributed by atoms with E-state index in [2.05, 4.69) is 64.1 Å². The third kappa shape index (κ3) is 2.30. The van der Waals surface area contributed by atoms with E-state index in [4.69, 9.17) is 11.6 Å². The molecule has 1 saturated carbocycles. The zero-order valence-corrected chi connectivity index (χ0v) is 14.1. The van der Waals surface area contributed by atoms with Crippen LogP contribution in [0.25, 0.3) is 0 Å².